The normalized spacial score (nSPS) is 9.50. The summed E-state index contributed by atoms with van der Waals surface area (Å²) in [6.07, 6.45) is 3.15. The van der Waals surface area contributed by atoms with Gasteiger partial charge in [-0.25, -0.2) is 4.98 Å². The molecule has 1 aromatic heterocycles. The molecule has 2 rings (SSSR count). The van der Waals surface area contributed by atoms with E-state index in [1.54, 1.807) is 30.5 Å². The highest BCUT2D eigenvalue weighted by Crippen LogP contribution is 2.22. The lowest BCUT2D eigenvalue weighted by atomic mass is 10.2. The highest BCUT2D eigenvalue weighted by Gasteiger charge is 2.04. The van der Waals surface area contributed by atoms with Crippen molar-refractivity contribution in [3.63, 3.8) is 0 Å². The van der Waals surface area contributed by atoms with Gasteiger partial charge in [-0.15, -0.1) is 0 Å². The van der Waals surface area contributed by atoms with E-state index in [1.807, 2.05) is 6.92 Å². The Kier molecular flexibility index (Phi) is 2.79. The van der Waals surface area contributed by atoms with Gasteiger partial charge in [0.15, 0.2) is 0 Å². The monoisotopic (exact) mass is 211 g/mol. The van der Waals surface area contributed by atoms with Crippen molar-refractivity contribution in [1.82, 2.24) is 9.97 Å². The average molecular weight is 211 g/mol. The van der Waals surface area contributed by atoms with Crippen LogP contribution in [0.5, 0.6) is 11.6 Å². The second-order valence-corrected chi connectivity index (χ2v) is 3.21. The molecule has 16 heavy (non-hydrogen) atoms. The van der Waals surface area contributed by atoms with Gasteiger partial charge in [-0.3, -0.25) is 4.98 Å². The molecule has 0 fully saturated rings. The molecule has 78 valence electrons. The molecule has 0 atom stereocenters. The van der Waals surface area contributed by atoms with Gasteiger partial charge in [0.1, 0.15) is 11.8 Å². The van der Waals surface area contributed by atoms with Crippen LogP contribution in [0, 0.1) is 18.3 Å². The van der Waals surface area contributed by atoms with Gasteiger partial charge >= 0.3 is 0 Å². The summed E-state index contributed by atoms with van der Waals surface area (Å²) in [6, 6.07) is 9.06. The van der Waals surface area contributed by atoms with Crippen molar-refractivity contribution in [1.29, 1.82) is 5.26 Å². The van der Waals surface area contributed by atoms with Crippen molar-refractivity contribution in [2.75, 3.05) is 0 Å². The molecule has 0 N–H and O–H groups in total. The molecule has 0 aliphatic carbocycles. The van der Waals surface area contributed by atoms with E-state index in [2.05, 4.69) is 16.0 Å². The van der Waals surface area contributed by atoms with Crippen molar-refractivity contribution < 1.29 is 4.74 Å². The smallest absolute Gasteiger partial charge is 0.237 e. The molecule has 0 saturated heterocycles. The standard InChI is InChI=1S/C12H9N3O/c1-9-7-15-12(8-14-9)16-11-5-3-2-4-10(11)6-13/h2-5,7-8H,1H3. The van der Waals surface area contributed by atoms with E-state index in [9.17, 15) is 0 Å². The zero-order chi connectivity index (χ0) is 11.4. The molecule has 0 bridgehead atoms. The minimum atomic E-state index is 0.383. The molecule has 0 unspecified atom stereocenters. The molecule has 0 saturated carbocycles. The lowest BCUT2D eigenvalue weighted by Gasteiger charge is -2.05. The molecule has 0 amide bonds. The second kappa shape index (κ2) is 4.41. The predicted molar refractivity (Wildman–Crippen MR) is 58.0 cm³/mol. The SMILES string of the molecule is Cc1cnc(Oc2ccccc2C#N)cn1. The second-order valence-electron chi connectivity index (χ2n) is 3.21. The van der Waals surface area contributed by atoms with E-state index < -0.39 is 0 Å². The molecular formula is C12H9N3O. The van der Waals surface area contributed by atoms with Crippen LogP contribution < -0.4 is 4.74 Å². The first-order chi connectivity index (χ1) is 7.79. The Bertz CT molecular complexity index is 529. The molecule has 2 aromatic rings. The highest BCUT2D eigenvalue weighted by molar-refractivity contribution is 5.43. The van der Waals surface area contributed by atoms with Gasteiger partial charge in [0, 0.05) is 0 Å². The number of para-hydroxylation sites is 1. The van der Waals surface area contributed by atoms with E-state index in [0.717, 1.165) is 5.69 Å². The third-order valence-electron chi connectivity index (χ3n) is 1.98. The number of benzene rings is 1. The molecule has 0 aliphatic rings. The minimum absolute atomic E-state index is 0.383. The Balaban J connectivity index is 2.27. The fourth-order valence-corrected chi connectivity index (χ4v) is 1.19. The first-order valence-corrected chi connectivity index (χ1v) is 4.75. The predicted octanol–water partition coefficient (Wildman–Crippen LogP) is 2.45. The van der Waals surface area contributed by atoms with Gasteiger partial charge in [0.2, 0.25) is 5.88 Å². The van der Waals surface area contributed by atoms with E-state index in [1.165, 1.54) is 6.20 Å². The third-order valence-corrected chi connectivity index (χ3v) is 1.98. The third kappa shape index (κ3) is 2.15. The largest absolute Gasteiger partial charge is 0.436 e. The van der Waals surface area contributed by atoms with Gasteiger partial charge in [-0.05, 0) is 19.1 Å². The van der Waals surface area contributed by atoms with Crippen LogP contribution in [0.3, 0.4) is 0 Å². The van der Waals surface area contributed by atoms with Crippen molar-refractivity contribution in [2.24, 2.45) is 0 Å². The fourth-order valence-electron chi connectivity index (χ4n) is 1.19. The molecule has 0 aliphatic heterocycles. The summed E-state index contributed by atoms with van der Waals surface area (Å²) in [7, 11) is 0. The number of aryl methyl sites for hydroxylation is 1. The summed E-state index contributed by atoms with van der Waals surface area (Å²) in [4.78, 5) is 8.12. The Hall–Kier alpha value is -2.41. The maximum atomic E-state index is 8.87. The number of aromatic nitrogens is 2. The fraction of sp³-hybridized carbons (Fsp3) is 0.0833. The van der Waals surface area contributed by atoms with Crippen molar-refractivity contribution in [2.45, 2.75) is 6.92 Å². The highest BCUT2D eigenvalue weighted by atomic mass is 16.5. The van der Waals surface area contributed by atoms with E-state index in [4.69, 9.17) is 10.00 Å². The molecule has 0 spiro atoms. The number of nitrogens with zero attached hydrogens (tertiary/aromatic N) is 3. The van der Waals surface area contributed by atoms with Gasteiger partial charge < -0.3 is 4.74 Å². The number of rotatable bonds is 2. The van der Waals surface area contributed by atoms with E-state index in [-0.39, 0.29) is 0 Å². The van der Waals surface area contributed by atoms with Crippen molar-refractivity contribution in [3.8, 4) is 17.7 Å². The molecule has 0 radical (unpaired) electrons. The maximum Gasteiger partial charge on any atom is 0.237 e. The van der Waals surface area contributed by atoms with Crippen LogP contribution >= 0.6 is 0 Å². The summed E-state index contributed by atoms with van der Waals surface area (Å²) in [5, 5.41) is 8.87. The Morgan fingerprint density at radius 1 is 1.19 bits per heavy atom. The average Bonchev–Trinajstić information content (AvgIpc) is 2.33. The van der Waals surface area contributed by atoms with Gasteiger partial charge in [-0.2, -0.15) is 5.26 Å². The molecule has 4 heteroatoms. The zero-order valence-corrected chi connectivity index (χ0v) is 8.71. The van der Waals surface area contributed by atoms with Crippen LogP contribution in [0.2, 0.25) is 0 Å². The molecule has 4 nitrogen and oxygen atoms in total. The summed E-state index contributed by atoms with van der Waals surface area (Å²) >= 11 is 0. The summed E-state index contributed by atoms with van der Waals surface area (Å²) in [5.41, 5.74) is 1.30. The van der Waals surface area contributed by atoms with Gasteiger partial charge in [0.25, 0.3) is 0 Å². The van der Waals surface area contributed by atoms with Crippen LogP contribution in [-0.4, -0.2) is 9.97 Å². The van der Waals surface area contributed by atoms with E-state index in [0.29, 0.717) is 17.2 Å². The van der Waals surface area contributed by atoms with Gasteiger partial charge in [0.05, 0.1) is 23.7 Å². The van der Waals surface area contributed by atoms with Crippen molar-refractivity contribution >= 4 is 0 Å². The number of nitriles is 1. The first kappa shape index (κ1) is 10.1. The van der Waals surface area contributed by atoms with Crippen LogP contribution in [0.15, 0.2) is 36.7 Å². The topological polar surface area (TPSA) is 58.8 Å². The summed E-state index contributed by atoms with van der Waals surface area (Å²) in [5.74, 6) is 0.872. The zero-order valence-electron chi connectivity index (χ0n) is 8.71. The quantitative estimate of drug-likeness (QED) is 0.765. The Morgan fingerprint density at radius 3 is 2.69 bits per heavy atom. The number of hydrogen-bond acceptors (Lipinski definition) is 4. The van der Waals surface area contributed by atoms with Crippen LogP contribution in [0.4, 0.5) is 0 Å². The maximum absolute atomic E-state index is 8.87. The number of hydrogen-bond donors (Lipinski definition) is 0. The first-order valence-electron chi connectivity index (χ1n) is 4.75. The Labute approximate surface area is 93.2 Å². The van der Waals surface area contributed by atoms with E-state index >= 15 is 0 Å². The summed E-state index contributed by atoms with van der Waals surface area (Å²) < 4.78 is 5.46. The van der Waals surface area contributed by atoms with Crippen LogP contribution in [-0.2, 0) is 0 Å². The molecule has 1 aromatic carbocycles. The minimum Gasteiger partial charge on any atom is -0.436 e. The van der Waals surface area contributed by atoms with Gasteiger partial charge in [-0.1, -0.05) is 12.1 Å². The lowest BCUT2D eigenvalue weighted by Crippen LogP contribution is -1.92. The van der Waals surface area contributed by atoms with Crippen LogP contribution in [0.1, 0.15) is 11.3 Å². The van der Waals surface area contributed by atoms with Crippen molar-refractivity contribution in [3.05, 3.63) is 47.9 Å². The number of ether oxygens (including phenoxy) is 1. The molecular weight excluding hydrogens is 202 g/mol. The lowest BCUT2D eigenvalue weighted by molar-refractivity contribution is 0.458. The summed E-state index contributed by atoms with van der Waals surface area (Å²) in [6.45, 7) is 1.85. The molecule has 1 heterocycles. The van der Waals surface area contributed by atoms with Crippen LogP contribution in [0.25, 0.3) is 0 Å². The Morgan fingerprint density at radius 2 is 2.00 bits per heavy atom.